The fourth-order valence-electron chi connectivity index (χ4n) is 8.40. The predicted octanol–water partition coefficient (Wildman–Crippen LogP) is 5.82. The number of hydrogen-bond donors (Lipinski definition) is 2. The Labute approximate surface area is 275 Å². The number of benzene rings is 2. The predicted molar refractivity (Wildman–Crippen MR) is 173 cm³/mol. The van der Waals surface area contributed by atoms with Gasteiger partial charge in [-0.1, -0.05) is 6.07 Å². The van der Waals surface area contributed by atoms with Crippen LogP contribution in [0.4, 0.5) is 23.8 Å². The zero-order valence-electron chi connectivity index (χ0n) is 26.7. The van der Waals surface area contributed by atoms with E-state index in [0.717, 1.165) is 38.8 Å². The van der Waals surface area contributed by atoms with Crippen molar-refractivity contribution < 1.29 is 32.5 Å². The highest BCUT2D eigenvalue weighted by Crippen LogP contribution is 2.42. The monoisotopic (exact) mass is 662 g/mol. The molecule has 2 N–H and O–H groups in total. The van der Waals surface area contributed by atoms with E-state index in [4.69, 9.17) is 14.5 Å². The van der Waals surface area contributed by atoms with E-state index in [9.17, 15) is 9.90 Å². The number of alkyl halides is 1. The number of aromatic nitrogens is 3. The molecule has 3 saturated heterocycles. The van der Waals surface area contributed by atoms with Crippen molar-refractivity contribution in [3.63, 3.8) is 0 Å². The highest BCUT2D eigenvalue weighted by molar-refractivity contribution is 6.01. The SMILES string of the molecule is CC12CC(F)CN(C1)c1nc(OCC34CCCN3CCC4)nc3c(F)c(ncc13)-c1cc(O)cc3ccc(F)c(c13)CCCOC(=O)N2. The number of halogens is 3. The van der Waals surface area contributed by atoms with Crippen LogP contribution in [0.25, 0.3) is 32.9 Å². The lowest BCUT2D eigenvalue weighted by Gasteiger charge is -2.42. The average Bonchev–Trinajstić information content (AvgIpc) is 3.62. The van der Waals surface area contributed by atoms with Gasteiger partial charge < -0.3 is 24.8 Å². The fraction of sp³-hybridized carbons (Fsp3) is 0.486. The number of alkyl carbamates (subject to hydrolysis) is 1. The molecule has 3 fully saturated rings. The molecule has 5 aliphatic rings. The van der Waals surface area contributed by atoms with Crippen LogP contribution in [0.5, 0.6) is 11.8 Å². The molecule has 0 saturated carbocycles. The third-order valence-corrected chi connectivity index (χ3v) is 10.5. The number of amides is 1. The summed E-state index contributed by atoms with van der Waals surface area (Å²) in [7, 11) is 0. The maximum atomic E-state index is 17.0. The number of carbonyl (C=O) groups excluding carboxylic acids is 1. The van der Waals surface area contributed by atoms with Crippen LogP contribution in [0.1, 0.15) is 51.0 Å². The number of pyridine rings is 1. The Morgan fingerprint density at radius 2 is 1.96 bits per heavy atom. The molecule has 5 aliphatic heterocycles. The summed E-state index contributed by atoms with van der Waals surface area (Å²) < 4.78 is 59.6. The van der Waals surface area contributed by atoms with Gasteiger partial charge in [-0.2, -0.15) is 9.97 Å². The Hall–Kier alpha value is -4.39. The number of ether oxygens (including phenoxy) is 2. The van der Waals surface area contributed by atoms with Crippen molar-refractivity contribution in [2.45, 2.75) is 69.1 Å². The van der Waals surface area contributed by atoms with Gasteiger partial charge in [0.1, 0.15) is 41.4 Å². The summed E-state index contributed by atoms with van der Waals surface area (Å²) >= 11 is 0. The molecule has 13 heteroatoms. The lowest BCUT2D eigenvalue weighted by molar-refractivity contribution is 0.107. The van der Waals surface area contributed by atoms with Gasteiger partial charge in [0.05, 0.1) is 29.6 Å². The van der Waals surface area contributed by atoms with Gasteiger partial charge in [-0.3, -0.25) is 9.88 Å². The van der Waals surface area contributed by atoms with Gasteiger partial charge in [-0.15, -0.1) is 0 Å². The molecular formula is C35H37F3N6O4. The zero-order chi connectivity index (χ0) is 33.2. The summed E-state index contributed by atoms with van der Waals surface area (Å²) in [5.41, 5.74) is -0.953. The lowest BCUT2D eigenvalue weighted by Crippen LogP contribution is -2.60. The Kier molecular flexibility index (Phi) is 7.50. The summed E-state index contributed by atoms with van der Waals surface area (Å²) in [4.78, 5) is 30.8. The number of hydrogen-bond acceptors (Lipinski definition) is 9. The van der Waals surface area contributed by atoms with Crippen molar-refractivity contribution in [3.8, 4) is 23.0 Å². The van der Waals surface area contributed by atoms with E-state index in [0.29, 0.717) is 17.4 Å². The third kappa shape index (κ3) is 5.32. The molecule has 0 spiro atoms. The van der Waals surface area contributed by atoms with Crippen molar-refractivity contribution in [2.24, 2.45) is 0 Å². The number of phenolic OH excluding ortho intramolecular Hbond substituents is 1. The van der Waals surface area contributed by atoms with Gasteiger partial charge in [0, 0.05) is 24.7 Å². The van der Waals surface area contributed by atoms with Crippen LogP contribution >= 0.6 is 0 Å². The topological polar surface area (TPSA) is 113 Å². The molecular weight excluding hydrogens is 625 g/mol. The second-order valence-corrected chi connectivity index (χ2v) is 13.9. The molecule has 0 radical (unpaired) electrons. The van der Waals surface area contributed by atoms with Crippen LogP contribution in [-0.4, -0.2) is 87.7 Å². The van der Waals surface area contributed by atoms with Crippen molar-refractivity contribution in [2.75, 3.05) is 44.3 Å². The quantitative estimate of drug-likeness (QED) is 0.281. The van der Waals surface area contributed by atoms with Crippen LogP contribution in [0.3, 0.4) is 0 Å². The number of carbonyl (C=O) groups is 1. The number of aryl methyl sites for hydroxylation is 1. The number of anilines is 1. The number of nitrogens with zero attached hydrogens (tertiary/aromatic N) is 5. The highest BCUT2D eigenvalue weighted by Gasteiger charge is 2.45. The van der Waals surface area contributed by atoms with E-state index in [1.807, 2.05) is 0 Å². The molecule has 1 amide bonds. The van der Waals surface area contributed by atoms with Crippen molar-refractivity contribution in [1.82, 2.24) is 25.2 Å². The summed E-state index contributed by atoms with van der Waals surface area (Å²) in [6.07, 6.45) is 3.91. The lowest BCUT2D eigenvalue weighted by atomic mass is 9.90. The molecule has 2 aromatic carbocycles. The van der Waals surface area contributed by atoms with Gasteiger partial charge in [0.25, 0.3) is 0 Å². The molecule has 10 nitrogen and oxygen atoms in total. The van der Waals surface area contributed by atoms with E-state index in [-0.39, 0.29) is 89.8 Å². The van der Waals surface area contributed by atoms with E-state index in [2.05, 4.69) is 20.2 Å². The molecule has 252 valence electrons. The van der Waals surface area contributed by atoms with Gasteiger partial charge in [-0.25, -0.2) is 18.0 Å². The Morgan fingerprint density at radius 1 is 1.15 bits per heavy atom. The molecule has 0 aliphatic carbocycles. The molecule has 7 heterocycles. The minimum absolute atomic E-state index is 0.0286. The highest BCUT2D eigenvalue weighted by atomic mass is 19.1. The van der Waals surface area contributed by atoms with E-state index >= 15 is 13.2 Å². The molecule has 6 bridgehead atoms. The maximum absolute atomic E-state index is 17.0. The van der Waals surface area contributed by atoms with Crippen LogP contribution in [0.15, 0.2) is 30.5 Å². The second-order valence-electron chi connectivity index (χ2n) is 13.9. The largest absolute Gasteiger partial charge is 0.508 e. The van der Waals surface area contributed by atoms with Crippen molar-refractivity contribution in [3.05, 3.63) is 47.7 Å². The number of fused-ring (bicyclic) bond motifs is 7. The maximum Gasteiger partial charge on any atom is 0.407 e. The summed E-state index contributed by atoms with van der Waals surface area (Å²) in [5, 5.41) is 14.6. The first-order chi connectivity index (χ1) is 23.1. The zero-order valence-corrected chi connectivity index (χ0v) is 26.7. The number of piperidine rings is 1. The summed E-state index contributed by atoms with van der Waals surface area (Å²) in [5.74, 6) is -1.25. The smallest absolute Gasteiger partial charge is 0.407 e. The van der Waals surface area contributed by atoms with E-state index in [1.54, 1.807) is 11.8 Å². The summed E-state index contributed by atoms with van der Waals surface area (Å²) in [6, 6.07) is 5.60. The summed E-state index contributed by atoms with van der Waals surface area (Å²) in [6.45, 7) is 4.12. The molecule has 2 atom stereocenters. The minimum Gasteiger partial charge on any atom is -0.508 e. The molecule has 9 rings (SSSR count). The molecule has 4 aromatic rings. The first-order valence-corrected chi connectivity index (χ1v) is 16.6. The Balaban J connectivity index is 1.33. The normalized spacial score (nSPS) is 24.1. The van der Waals surface area contributed by atoms with Gasteiger partial charge >= 0.3 is 12.1 Å². The molecule has 2 aromatic heterocycles. The number of phenols is 1. The van der Waals surface area contributed by atoms with Gasteiger partial charge in [0.15, 0.2) is 5.82 Å². The van der Waals surface area contributed by atoms with E-state index < -0.39 is 29.4 Å². The number of nitrogens with one attached hydrogen (secondary N) is 1. The molecule has 2 unspecified atom stereocenters. The number of aromatic hydroxyl groups is 1. The van der Waals surface area contributed by atoms with Crippen molar-refractivity contribution >= 4 is 33.6 Å². The van der Waals surface area contributed by atoms with Crippen molar-refractivity contribution in [1.29, 1.82) is 0 Å². The first-order valence-electron chi connectivity index (χ1n) is 16.6. The molecule has 48 heavy (non-hydrogen) atoms. The van der Waals surface area contributed by atoms with Gasteiger partial charge in [-0.05, 0) is 93.1 Å². The third-order valence-electron chi connectivity index (χ3n) is 10.5. The van der Waals surface area contributed by atoms with Crippen LogP contribution < -0.4 is 15.0 Å². The minimum atomic E-state index is -1.35. The second kappa shape index (κ2) is 11.6. The van der Waals surface area contributed by atoms with E-state index in [1.165, 1.54) is 30.5 Å². The standard InChI is InChI=1S/C35H37F3N6O4/c1-34-15-21(36)17-43(18-34)31-25-16-39-29(28(38)30(25)40-32(41-31)48-19-35-8-3-10-44(35)11-4-9-35)24-14-22(45)13-20-6-7-26(37)23(27(20)24)5-2-12-47-33(46)42-34/h6-7,13-14,16,21,45H,2-5,8-12,15,17-19H2,1H3,(H,42,46). The van der Waals surface area contributed by atoms with Crippen LogP contribution in [-0.2, 0) is 11.2 Å². The Morgan fingerprint density at radius 3 is 2.77 bits per heavy atom. The van der Waals surface area contributed by atoms with Gasteiger partial charge in [0.2, 0.25) is 0 Å². The Bertz CT molecular complexity index is 1930. The average molecular weight is 663 g/mol. The fourth-order valence-corrected chi connectivity index (χ4v) is 8.40. The van der Waals surface area contributed by atoms with Crippen LogP contribution in [0, 0.1) is 11.6 Å². The van der Waals surface area contributed by atoms with Crippen LogP contribution in [0.2, 0.25) is 0 Å². The first kappa shape index (κ1) is 30.9. The number of rotatable bonds is 3.